The molecule has 0 atom stereocenters. The van der Waals surface area contributed by atoms with Crippen LogP contribution in [0.3, 0.4) is 0 Å². The first-order chi connectivity index (χ1) is 10.0. The highest BCUT2D eigenvalue weighted by atomic mass is 28.2. The molecule has 1 rings (SSSR count). The highest BCUT2D eigenvalue weighted by molar-refractivity contribution is 6.31. The molecule has 0 spiro atoms. The summed E-state index contributed by atoms with van der Waals surface area (Å²) in [6.45, 7) is 14.9. The summed E-state index contributed by atoms with van der Waals surface area (Å²) in [5, 5.41) is 0.278. The maximum absolute atomic E-state index is 11.9. The molecule has 0 aliphatic rings. The van der Waals surface area contributed by atoms with E-state index in [1.165, 1.54) is 11.1 Å². The summed E-state index contributed by atoms with van der Waals surface area (Å²) in [7, 11) is -0.624. The summed E-state index contributed by atoms with van der Waals surface area (Å²) >= 11 is 0. The van der Waals surface area contributed by atoms with Crippen LogP contribution in [0.15, 0.2) is 24.3 Å². The van der Waals surface area contributed by atoms with Crippen LogP contribution in [0.1, 0.15) is 66.0 Å². The lowest BCUT2D eigenvalue weighted by molar-refractivity contribution is -0.121. The van der Waals surface area contributed by atoms with Crippen molar-refractivity contribution < 1.29 is 9.22 Å². The molecule has 3 heteroatoms. The van der Waals surface area contributed by atoms with Crippen LogP contribution in [-0.2, 0) is 21.2 Å². The number of rotatable bonds is 7. The molecular weight excluding hydrogens is 288 g/mol. The highest BCUT2D eigenvalue weighted by Gasteiger charge is 2.26. The Balaban J connectivity index is 2.88. The number of hydrogen-bond donors (Lipinski definition) is 0. The average Bonchev–Trinajstić information content (AvgIpc) is 2.42. The van der Waals surface area contributed by atoms with Gasteiger partial charge in [0.15, 0.2) is 9.76 Å². The Kier molecular flexibility index (Phi) is 6.57. The van der Waals surface area contributed by atoms with Crippen molar-refractivity contribution in [3.63, 3.8) is 0 Å². The van der Waals surface area contributed by atoms with Gasteiger partial charge in [0.1, 0.15) is 5.78 Å². The van der Waals surface area contributed by atoms with E-state index >= 15 is 0 Å². The Hall–Kier alpha value is -0.933. The van der Waals surface area contributed by atoms with Crippen molar-refractivity contribution in [1.82, 2.24) is 0 Å². The number of carbonyl (C=O) groups excluding carboxylic acids is 1. The molecule has 0 radical (unpaired) electrons. The fraction of sp³-hybridized carbons (Fsp3) is 0.632. The van der Waals surface area contributed by atoms with Crippen LogP contribution in [0.25, 0.3) is 0 Å². The van der Waals surface area contributed by atoms with Crippen molar-refractivity contribution in [2.45, 2.75) is 71.9 Å². The predicted molar refractivity (Wildman–Crippen MR) is 97.0 cm³/mol. The second kappa shape index (κ2) is 7.56. The van der Waals surface area contributed by atoms with Crippen LogP contribution in [0.5, 0.6) is 0 Å². The molecule has 0 aliphatic carbocycles. The van der Waals surface area contributed by atoms with E-state index in [2.05, 4.69) is 58.9 Å². The van der Waals surface area contributed by atoms with Crippen LogP contribution in [0.2, 0.25) is 5.04 Å². The van der Waals surface area contributed by atoms with Gasteiger partial charge in [-0.3, -0.25) is 4.79 Å². The summed E-state index contributed by atoms with van der Waals surface area (Å²) in [6, 6.07) is 8.39. The SMILES string of the molecule is CC(C)C(=O)CCc1ccccc1C(C)(C)O[SiH2]C(C)(C)C. The van der Waals surface area contributed by atoms with Crippen molar-refractivity contribution in [2.75, 3.05) is 0 Å². The van der Waals surface area contributed by atoms with Crippen molar-refractivity contribution in [2.24, 2.45) is 5.92 Å². The van der Waals surface area contributed by atoms with Gasteiger partial charge in [-0.2, -0.15) is 0 Å². The fourth-order valence-electron chi connectivity index (χ4n) is 2.35. The van der Waals surface area contributed by atoms with Gasteiger partial charge >= 0.3 is 0 Å². The molecule has 0 aromatic heterocycles. The van der Waals surface area contributed by atoms with Gasteiger partial charge in [-0.1, -0.05) is 58.9 Å². The average molecular weight is 321 g/mol. The minimum absolute atomic E-state index is 0.115. The zero-order chi connectivity index (χ0) is 17.0. The first-order valence-electron chi connectivity index (χ1n) is 8.28. The Morgan fingerprint density at radius 3 is 2.27 bits per heavy atom. The van der Waals surface area contributed by atoms with Crippen molar-refractivity contribution in [3.8, 4) is 0 Å². The molecule has 0 unspecified atom stereocenters. The van der Waals surface area contributed by atoms with E-state index in [-0.39, 0.29) is 16.6 Å². The van der Waals surface area contributed by atoms with E-state index in [0.29, 0.717) is 12.2 Å². The zero-order valence-electron chi connectivity index (χ0n) is 15.3. The highest BCUT2D eigenvalue weighted by Crippen LogP contribution is 2.31. The monoisotopic (exact) mass is 320 g/mol. The zero-order valence-corrected chi connectivity index (χ0v) is 16.7. The molecule has 1 aromatic carbocycles. The number of carbonyl (C=O) groups is 1. The van der Waals surface area contributed by atoms with Gasteiger partial charge in [0.05, 0.1) is 5.60 Å². The van der Waals surface area contributed by atoms with E-state index in [1.807, 2.05) is 13.8 Å². The molecule has 0 saturated carbocycles. The number of hydrogen-bond acceptors (Lipinski definition) is 2. The summed E-state index contributed by atoms with van der Waals surface area (Å²) < 4.78 is 6.33. The van der Waals surface area contributed by atoms with Crippen molar-refractivity contribution in [1.29, 1.82) is 0 Å². The Labute approximate surface area is 138 Å². The van der Waals surface area contributed by atoms with Crippen LogP contribution >= 0.6 is 0 Å². The minimum Gasteiger partial charge on any atom is -0.415 e. The Bertz CT molecular complexity index is 498. The van der Waals surface area contributed by atoms with Gasteiger partial charge in [0.25, 0.3) is 0 Å². The molecule has 0 fully saturated rings. The number of benzene rings is 1. The fourth-order valence-corrected chi connectivity index (χ4v) is 3.30. The normalized spacial score (nSPS) is 13.3. The van der Waals surface area contributed by atoms with E-state index in [1.54, 1.807) is 0 Å². The van der Waals surface area contributed by atoms with Crippen LogP contribution < -0.4 is 0 Å². The first kappa shape index (κ1) is 19.1. The molecule has 0 bridgehead atoms. The predicted octanol–water partition coefficient (Wildman–Crippen LogP) is 4.40. The van der Waals surface area contributed by atoms with E-state index in [0.717, 1.165) is 6.42 Å². The lowest BCUT2D eigenvalue weighted by atomic mass is 9.90. The topological polar surface area (TPSA) is 26.3 Å². The van der Waals surface area contributed by atoms with Gasteiger partial charge in [-0.15, -0.1) is 0 Å². The summed E-state index contributed by atoms with van der Waals surface area (Å²) in [6.07, 6.45) is 1.42. The maximum atomic E-state index is 11.9. The van der Waals surface area contributed by atoms with Crippen molar-refractivity contribution in [3.05, 3.63) is 35.4 Å². The standard InChI is InChI=1S/C19H32O2Si/c1-14(2)17(20)13-12-15-10-8-9-11-16(15)19(6,7)21-22-18(3,4)5/h8-11,14H,12-13,22H2,1-7H3. The lowest BCUT2D eigenvalue weighted by Crippen LogP contribution is -2.28. The van der Waals surface area contributed by atoms with Gasteiger partial charge in [-0.25, -0.2) is 0 Å². The molecule has 2 nitrogen and oxygen atoms in total. The third-order valence-corrected chi connectivity index (χ3v) is 5.55. The second-order valence-electron chi connectivity index (χ2n) is 8.14. The second-order valence-corrected chi connectivity index (χ2v) is 10.8. The number of Topliss-reactive ketones (excluding diaryl/α,β-unsaturated/α-hetero) is 1. The van der Waals surface area contributed by atoms with Crippen LogP contribution in [0.4, 0.5) is 0 Å². The van der Waals surface area contributed by atoms with Gasteiger partial charge in [0.2, 0.25) is 0 Å². The van der Waals surface area contributed by atoms with Crippen LogP contribution in [-0.4, -0.2) is 15.5 Å². The largest absolute Gasteiger partial charge is 0.415 e. The summed E-state index contributed by atoms with van der Waals surface area (Å²) in [5.74, 6) is 0.447. The third kappa shape index (κ3) is 6.05. The summed E-state index contributed by atoms with van der Waals surface area (Å²) in [4.78, 5) is 11.9. The summed E-state index contributed by atoms with van der Waals surface area (Å²) in [5.41, 5.74) is 2.18. The lowest BCUT2D eigenvalue weighted by Gasteiger charge is -2.32. The van der Waals surface area contributed by atoms with E-state index in [9.17, 15) is 4.79 Å². The third-order valence-electron chi connectivity index (χ3n) is 3.82. The van der Waals surface area contributed by atoms with Gasteiger partial charge in [0, 0.05) is 12.3 Å². The molecule has 0 N–H and O–H groups in total. The number of ketones is 1. The quantitative estimate of drug-likeness (QED) is 0.696. The Morgan fingerprint density at radius 2 is 1.73 bits per heavy atom. The molecule has 0 amide bonds. The molecule has 0 heterocycles. The molecule has 22 heavy (non-hydrogen) atoms. The van der Waals surface area contributed by atoms with Gasteiger partial charge < -0.3 is 4.43 Å². The first-order valence-corrected chi connectivity index (χ1v) is 9.56. The molecule has 1 aromatic rings. The van der Waals surface area contributed by atoms with Crippen molar-refractivity contribution >= 4 is 15.5 Å². The molecule has 124 valence electrons. The molecule has 0 aliphatic heterocycles. The van der Waals surface area contributed by atoms with E-state index < -0.39 is 9.76 Å². The van der Waals surface area contributed by atoms with E-state index in [4.69, 9.17) is 4.43 Å². The smallest absolute Gasteiger partial charge is 0.168 e. The minimum atomic E-state index is -0.624. The molecular formula is C19H32O2Si. The number of aryl methyl sites for hydroxylation is 1. The maximum Gasteiger partial charge on any atom is 0.168 e. The Morgan fingerprint density at radius 1 is 1.14 bits per heavy atom. The van der Waals surface area contributed by atoms with Crippen LogP contribution in [0, 0.1) is 5.92 Å². The molecule has 0 saturated heterocycles. The van der Waals surface area contributed by atoms with Gasteiger partial charge in [-0.05, 0) is 36.4 Å².